The molecule has 1 aromatic heterocycles. The van der Waals surface area contributed by atoms with Crippen LogP contribution >= 0.6 is 0 Å². The predicted octanol–water partition coefficient (Wildman–Crippen LogP) is 3.03. The minimum absolute atomic E-state index is 0.128. The highest BCUT2D eigenvalue weighted by atomic mass is 19.4. The molecule has 0 bridgehead atoms. The molecule has 156 valence electrons. The number of methoxy groups -OCH3 is 3. The van der Waals surface area contributed by atoms with Crippen molar-refractivity contribution in [3.8, 4) is 23.1 Å². The van der Waals surface area contributed by atoms with Crippen molar-refractivity contribution in [2.24, 2.45) is 0 Å². The maximum absolute atomic E-state index is 13.0. The molecule has 2 aromatic rings. The van der Waals surface area contributed by atoms with Gasteiger partial charge in [-0.15, -0.1) is 0 Å². The van der Waals surface area contributed by atoms with Gasteiger partial charge in [0.15, 0.2) is 11.5 Å². The number of alkyl halides is 3. The molecule has 3 rings (SSSR count). The third-order valence-electron chi connectivity index (χ3n) is 4.40. The third kappa shape index (κ3) is 4.15. The number of benzene rings is 1. The topological polar surface area (TPSA) is 70.1 Å². The van der Waals surface area contributed by atoms with E-state index in [1.165, 1.54) is 50.6 Å². The molecule has 1 aliphatic heterocycles. The van der Waals surface area contributed by atoms with Gasteiger partial charge in [-0.2, -0.15) is 13.2 Å². The van der Waals surface area contributed by atoms with Crippen molar-refractivity contribution in [2.75, 3.05) is 34.4 Å². The first-order valence-electron chi connectivity index (χ1n) is 8.56. The molecule has 0 radical (unpaired) electrons. The Hall–Kier alpha value is -3.17. The summed E-state index contributed by atoms with van der Waals surface area (Å²) < 4.78 is 60.1. The summed E-state index contributed by atoms with van der Waals surface area (Å²) in [6.07, 6.45) is -3.93. The van der Waals surface area contributed by atoms with E-state index < -0.39 is 23.7 Å². The van der Waals surface area contributed by atoms with Crippen molar-refractivity contribution in [3.05, 3.63) is 41.6 Å². The first-order valence-corrected chi connectivity index (χ1v) is 8.56. The van der Waals surface area contributed by atoms with Crippen LogP contribution in [0, 0.1) is 0 Å². The number of nitrogens with zero attached hydrogens (tertiary/aromatic N) is 2. The smallest absolute Gasteiger partial charge is 0.421 e. The number of rotatable bonds is 6. The zero-order chi connectivity index (χ0) is 21.2. The highest BCUT2D eigenvalue weighted by Crippen LogP contribution is 2.39. The van der Waals surface area contributed by atoms with Crippen LogP contribution in [-0.4, -0.2) is 56.3 Å². The minimum atomic E-state index is -4.57. The molecule has 0 N–H and O–H groups in total. The van der Waals surface area contributed by atoms with E-state index in [1.807, 2.05) is 0 Å². The summed E-state index contributed by atoms with van der Waals surface area (Å²) >= 11 is 0. The van der Waals surface area contributed by atoms with Crippen molar-refractivity contribution in [3.63, 3.8) is 0 Å². The van der Waals surface area contributed by atoms with Crippen molar-refractivity contribution in [1.82, 2.24) is 9.88 Å². The number of aromatic nitrogens is 1. The molecule has 1 aromatic carbocycles. The number of hydrogen-bond donors (Lipinski definition) is 0. The Labute approximate surface area is 164 Å². The van der Waals surface area contributed by atoms with E-state index in [1.54, 1.807) is 0 Å². The highest BCUT2D eigenvalue weighted by molar-refractivity contribution is 5.96. The van der Waals surface area contributed by atoms with Gasteiger partial charge < -0.3 is 23.8 Å². The lowest BCUT2D eigenvalue weighted by Crippen LogP contribution is -2.56. The van der Waals surface area contributed by atoms with Crippen LogP contribution in [0.15, 0.2) is 30.5 Å². The molecule has 1 saturated heterocycles. The molecule has 0 saturated carbocycles. The molecular formula is C19H19F3N2O5. The summed E-state index contributed by atoms with van der Waals surface area (Å²) in [7, 11) is 4.32. The largest absolute Gasteiger partial charge is 0.493 e. The van der Waals surface area contributed by atoms with Crippen molar-refractivity contribution in [1.29, 1.82) is 0 Å². The maximum atomic E-state index is 13.0. The second kappa shape index (κ2) is 8.06. The summed E-state index contributed by atoms with van der Waals surface area (Å²) in [5.41, 5.74) is -0.652. The second-order valence-electron chi connectivity index (χ2n) is 6.22. The van der Waals surface area contributed by atoms with E-state index in [0.717, 1.165) is 6.07 Å². The van der Waals surface area contributed by atoms with Crippen LogP contribution in [-0.2, 0) is 6.18 Å². The Morgan fingerprint density at radius 1 is 1.10 bits per heavy atom. The molecule has 1 fully saturated rings. The Kier molecular flexibility index (Phi) is 5.71. The predicted molar refractivity (Wildman–Crippen MR) is 95.7 cm³/mol. The third-order valence-corrected chi connectivity index (χ3v) is 4.40. The lowest BCUT2D eigenvalue weighted by atomic mass is 10.1. The van der Waals surface area contributed by atoms with Crippen LogP contribution < -0.4 is 18.9 Å². The fourth-order valence-corrected chi connectivity index (χ4v) is 2.92. The average Bonchev–Trinajstić information content (AvgIpc) is 2.68. The number of carbonyl (C=O) groups is 1. The number of hydrogen-bond acceptors (Lipinski definition) is 6. The molecule has 10 heteroatoms. The minimum Gasteiger partial charge on any atom is -0.493 e. The number of pyridine rings is 1. The molecule has 2 heterocycles. The molecule has 29 heavy (non-hydrogen) atoms. The van der Waals surface area contributed by atoms with Gasteiger partial charge in [-0.05, 0) is 24.3 Å². The van der Waals surface area contributed by atoms with E-state index in [4.69, 9.17) is 18.9 Å². The van der Waals surface area contributed by atoms with E-state index >= 15 is 0 Å². The van der Waals surface area contributed by atoms with Gasteiger partial charge in [0.25, 0.3) is 5.91 Å². The molecule has 0 aliphatic carbocycles. The van der Waals surface area contributed by atoms with Crippen LogP contribution in [0.3, 0.4) is 0 Å². The lowest BCUT2D eigenvalue weighted by Gasteiger charge is -2.39. The Bertz CT molecular complexity index is 873. The zero-order valence-electron chi connectivity index (χ0n) is 15.9. The quantitative estimate of drug-likeness (QED) is 0.727. The first kappa shape index (κ1) is 20.6. The summed E-state index contributed by atoms with van der Waals surface area (Å²) in [6.45, 7) is 0.257. The monoisotopic (exact) mass is 412 g/mol. The van der Waals surface area contributed by atoms with Crippen molar-refractivity contribution < 1.29 is 36.9 Å². The van der Waals surface area contributed by atoms with E-state index in [2.05, 4.69) is 4.98 Å². The number of likely N-dealkylation sites (tertiary alicyclic amines) is 1. The van der Waals surface area contributed by atoms with Crippen LogP contribution in [0.4, 0.5) is 13.2 Å². The number of carbonyl (C=O) groups excluding carboxylic acids is 1. The normalized spacial score (nSPS) is 14.2. The van der Waals surface area contributed by atoms with Crippen LogP contribution in [0.25, 0.3) is 0 Å². The van der Waals surface area contributed by atoms with Crippen molar-refractivity contribution in [2.45, 2.75) is 12.3 Å². The maximum Gasteiger partial charge on any atom is 0.421 e. The van der Waals surface area contributed by atoms with Gasteiger partial charge in [-0.25, -0.2) is 4.98 Å². The van der Waals surface area contributed by atoms with Gasteiger partial charge in [0.2, 0.25) is 11.6 Å². The Morgan fingerprint density at radius 2 is 1.72 bits per heavy atom. The molecular weight excluding hydrogens is 393 g/mol. The van der Waals surface area contributed by atoms with Gasteiger partial charge in [0.05, 0.1) is 34.4 Å². The fourth-order valence-electron chi connectivity index (χ4n) is 2.92. The molecule has 0 atom stereocenters. The molecule has 0 spiro atoms. The fraction of sp³-hybridized carbons (Fsp3) is 0.368. The summed E-state index contributed by atoms with van der Waals surface area (Å²) in [5, 5.41) is 0. The Morgan fingerprint density at radius 3 is 2.24 bits per heavy atom. The summed E-state index contributed by atoms with van der Waals surface area (Å²) in [6, 6.07) is 5.12. The van der Waals surface area contributed by atoms with E-state index in [0.29, 0.717) is 22.8 Å². The summed E-state index contributed by atoms with van der Waals surface area (Å²) in [5.74, 6) is 0.177. The van der Waals surface area contributed by atoms with E-state index in [-0.39, 0.29) is 19.0 Å². The first-order chi connectivity index (χ1) is 13.8. The summed E-state index contributed by atoms with van der Waals surface area (Å²) in [4.78, 5) is 17.8. The highest BCUT2D eigenvalue weighted by Gasteiger charge is 2.38. The SMILES string of the molecule is COc1cc(C(=O)N2CC(Oc3ncccc3C(F)(F)F)C2)cc(OC)c1OC. The van der Waals surface area contributed by atoms with E-state index in [9.17, 15) is 18.0 Å². The second-order valence-corrected chi connectivity index (χ2v) is 6.22. The van der Waals surface area contributed by atoms with Crippen LogP contribution in [0.2, 0.25) is 0 Å². The molecule has 1 aliphatic rings. The molecule has 7 nitrogen and oxygen atoms in total. The number of halogens is 3. The van der Waals surface area contributed by atoms with Gasteiger partial charge >= 0.3 is 6.18 Å². The molecule has 1 amide bonds. The number of ether oxygens (including phenoxy) is 4. The molecule has 0 unspecified atom stereocenters. The van der Waals surface area contributed by atoms with Gasteiger partial charge in [-0.1, -0.05) is 0 Å². The Balaban J connectivity index is 1.70. The van der Waals surface area contributed by atoms with Gasteiger partial charge in [-0.3, -0.25) is 4.79 Å². The van der Waals surface area contributed by atoms with Crippen molar-refractivity contribution >= 4 is 5.91 Å². The van der Waals surface area contributed by atoms with Gasteiger partial charge in [0.1, 0.15) is 11.7 Å². The number of amides is 1. The van der Waals surface area contributed by atoms with Crippen LogP contribution in [0.5, 0.6) is 23.1 Å². The van der Waals surface area contributed by atoms with Gasteiger partial charge in [0, 0.05) is 11.8 Å². The van der Waals surface area contributed by atoms with Crippen LogP contribution in [0.1, 0.15) is 15.9 Å². The average molecular weight is 412 g/mol. The lowest BCUT2D eigenvalue weighted by molar-refractivity contribution is -0.140. The standard InChI is InChI=1S/C19H19F3N2O5/c1-26-14-7-11(8-15(27-2)16(14)28-3)18(25)24-9-12(10-24)29-17-13(19(20,21)22)5-4-6-23-17/h4-8,12H,9-10H2,1-3H3. The zero-order valence-corrected chi connectivity index (χ0v) is 15.9.